The van der Waals surface area contributed by atoms with Gasteiger partial charge < -0.3 is 10.4 Å². The molecule has 0 aromatic heterocycles. The zero-order valence-corrected chi connectivity index (χ0v) is 14.9. The van der Waals surface area contributed by atoms with E-state index in [4.69, 9.17) is 11.6 Å². The Kier molecular flexibility index (Phi) is 6.68. The molecule has 0 unspecified atom stereocenters. The number of nitro benzene ring substituents is 1. The second kappa shape index (κ2) is 8.96. The molecule has 136 valence electrons. The summed E-state index contributed by atoms with van der Waals surface area (Å²) < 4.78 is 0. The average molecular weight is 376 g/mol. The van der Waals surface area contributed by atoms with Crippen LogP contribution in [0.15, 0.2) is 41.4 Å². The number of hydrogen-bond acceptors (Lipinski definition) is 5. The van der Waals surface area contributed by atoms with Crippen molar-refractivity contribution >= 4 is 40.8 Å². The maximum absolute atomic E-state index is 11.8. The Balaban J connectivity index is 2.20. The second-order valence-electron chi connectivity index (χ2n) is 5.58. The van der Waals surface area contributed by atoms with Crippen LogP contribution in [0.4, 0.5) is 17.1 Å². The molecule has 0 fully saturated rings. The number of nitro groups is 1. The summed E-state index contributed by atoms with van der Waals surface area (Å²) in [6, 6.07) is 9.28. The molecule has 1 amide bonds. The third-order valence-corrected chi connectivity index (χ3v) is 3.74. The van der Waals surface area contributed by atoms with Crippen LogP contribution in [0.2, 0.25) is 5.02 Å². The summed E-state index contributed by atoms with van der Waals surface area (Å²) in [7, 11) is 0. The molecule has 2 aromatic carbocycles. The Morgan fingerprint density at radius 1 is 1.38 bits per heavy atom. The first-order chi connectivity index (χ1) is 12.4. The zero-order chi connectivity index (χ0) is 19.1. The van der Waals surface area contributed by atoms with Crippen molar-refractivity contribution < 1.29 is 14.8 Å². The summed E-state index contributed by atoms with van der Waals surface area (Å²) in [5, 5.41) is 23.8. The Hall–Kier alpha value is -2.93. The molecular weight excluding hydrogens is 358 g/mol. The molecule has 26 heavy (non-hydrogen) atoms. The minimum Gasteiger partial charge on any atom is -0.502 e. The summed E-state index contributed by atoms with van der Waals surface area (Å²) in [5.74, 6) is -0.580. The van der Waals surface area contributed by atoms with E-state index in [1.807, 2.05) is 6.92 Å². The monoisotopic (exact) mass is 375 g/mol. The van der Waals surface area contributed by atoms with Crippen LogP contribution < -0.4 is 5.32 Å². The fourth-order valence-electron chi connectivity index (χ4n) is 2.21. The summed E-state index contributed by atoms with van der Waals surface area (Å²) in [6.45, 7) is 2.01. The number of hydrogen-bond donors (Lipinski definition) is 2. The van der Waals surface area contributed by atoms with Crippen LogP contribution in [-0.2, 0) is 4.79 Å². The second-order valence-corrected chi connectivity index (χ2v) is 6.02. The third kappa shape index (κ3) is 5.29. The average Bonchev–Trinajstić information content (AvgIpc) is 2.60. The predicted molar refractivity (Wildman–Crippen MR) is 102 cm³/mol. The van der Waals surface area contributed by atoms with Crippen molar-refractivity contribution in [1.82, 2.24) is 0 Å². The van der Waals surface area contributed by atoms with Gasteiger partial charge in [0.1, 0.15) is 0 Å². The summed E-state index contributed by atoms with van der Waals surface area (Å²) in [6.07, 6.45) is 3.49. The van der Waals surface area contributed by atoms with E-state index in [1.54, 1.807) is 24.3 Å². The van der Waals surface area contributed by atoms with Crippen molar-refractivity contribution in [3.63, 3.8) is 0 Å². The van der Waals surface area contributed by atoms with Gasteiger partial charge in [-0.1, -0.05) is 31.0 Å². The molecular formula is C18H18ClN3O4. The van der Waals surface area contributed by atoms with Gasteiger partial charge in [0.15, 0.2) is 0 Å². The van der Waals surface area contributed by atoms with E-state index in [0.29, 0.717) is 17.8 Å². The molecule has 2 N–H and O–H groups in total. The van der Waals surface area contributed by atoms with Gasteiger partial charge in [-0.2, -0.15) is 0 Å². The lowest BCUT2D eigenvalue weighted by atomic mass is 10.2. The van der Waals surface area contributed by atoms with Crippen molar-refractivity contribution in [2.24, 2.45) is 4.99 Å². The topological polar surface area (TPSA) is 105 Å². The highest BCUT2D eigenvalue weighted by Crippen LogP contribution is 2.32. The van der Waals surface area contributed by atoms with Crippen LogP contribution in [-0.4, -0.2) is 22.2 Å². The van der Waals surface area contributed by atoms with Gasteiger partial charge >= 0.3 is 5.69 Å². The molecule has 8 heteroatoms. The number of benzene rings is 2. The number of carbonyl (C=O) groups is 1. The molecule has 0 saturated heterocycles. The zero-order valence-electron chi connectivity index (χ0n) is 14.1. The normalized spacial score (nSPS) is 10.8. The lowest BCUT2D eigenvalue weighted by Crippen LogP contribution is -2.10. The minimum atomic E-state index is -0.717. The van der Waals surface area contributed by atoms with Gasteiger partial charge in [0.2, 0.25) is 11.7 Å². The number of rotatable bonds is 7. The highest BCUT2D eigenvalue weighted by Gasteiger charge is 2.17. The Bertz CT molecular complexity index is 852. The van der Waals surface area contributed by atoms with E-state index in [-0.39, 0.29) is 16.5 Å². The number of unbranched alkanes of at least 4 members (excludes halogenated alkanes) is 1. The summed E-state index contributed by atoms with van der Waals surface area (Å²) >= 11 is 5.85. The third-order valence-electron chi connectivity index (χ3n) is 3.52. The van der Waals surface area contributed by atoms with Gasteiger partial charge in [-0.05, 0) is 30.7 Å². The first-order valence-corrected chi connectivity index (χ1v) is 8.39. The molecule has 0 atom stereocenters. The van der Waals surface area contributed by atoms with E-state index in [2.05, 4.69) is 10.3 Å². The van der Waals surface area contributed by atoms with Gasteiger partial charge in [0.05, 0.1) is 10.6 Å². The van der Waals surface area contributed by atoms with Crippen molar-refractivity contribution in [2.75, 3.05) is 5.32 Å². The molecule has 2 aromatic rings. The minimum absolute atomic E-state index is 0.0731. The number of halogens is 1. The number of phenols is 1. The molecule has 0 heterocycles. The number of aromatic hydroxyl groups is 1. The number of phenolic OH excluding ortho intramolecular Hbond substituents is 1. The molecule has 2 rings (SSSR count). The first kappa shape index (κ1) is 19.4. The summed E-state index contributed by atoms with van der Waals surface area (Å²) in [5.41, 5.74) is 0.750. The molecule has 0 aliphatic carbocycles. The molecule has 0 radical (unpaired) electrons. The standard InChI is InChI=1S/C18H18ClN3O4/c1-2-3-7-17(23)21-15-6-4-5-14(10-15)20-11-12-8-13(19)9-16(18(12)24)22(25)26/h4-6,8-11,24H,2-3,7H2,1H3,(H,21,23). The van der Waals surface area contributed by atoms with Crippen LogP contribution in [0.25, 0.3) is 0 Å². The fraction of sp³-hybridized carbons (Fsp3) is 0.222. The van der Waals surface area contributed by atoms with Gasteiger partial charge in [-0.3, -0.25) is 19.9 Å². The van der Waals surface area contributed by atoms with Gasteiger partial charge in [-0.25, -0.2) is 0 Å². The number of amides is 1. The first-order valence-electron chi connectivity index (χ1n) is 8.01. The number of carbonyl (C=O) groups excluding carboxylic acids is 1. The Labute approximate surface area is 155 Å². The summed E-state index contributed by atoms with van der Waals surface area (Å²) in [4.78, 5) is 26.2. The number of nitrogens with one attached hydrogen (secondary N) is 1. The highest BCUT2D eigenvalue weighted by molar-refractivity contribution is 6.31. The van der Waals surface area contributed by atoms with Gasteiger partial charge in [0.25, 0.3) is 0 Å². The van der Waals surface area contributed by atoms with E-state index < -0.39 is 16.4 Å². The van der Waals surface area contributed by atoms with Crippen LogP contribution in [0.1, 0.15) is 31.7 Å². The molecule has 0 spiro atoms. The van der Waals surface area contributed by atoms with Crippen LogP contribution in [0.3, 0.4) is 0 Å². The van der Waals surface area contributed by atoms with Gasteiger partial charge in [0, 0.05) is 35.0 Å². The van der Waals surface area contributed by atoms with E-state index in [1.165, 1.54) is 12.3 Å². The van der Waals surface area contributed by atoms with E-state index >= 15 is 0 Å². The van der Waals surface area contributed by atoms with Crippen LogP contribution in [0.5, 0.6) is 5.75 Å². The largest absolute Gasteiger partial charge is 0.502 e. The molecule has 0 aliphatic heterocycles. The smallest absolute Gasteiger partial charge is 0.312 e. The Morgan fingerprint density at radius 2 is 2.15 bits per heavy atom. The molecule has 7 nitrogen and oxygen atoms in total. The predicted octanol–water partition coefficient (Wildman–Crippen LogP) is 4.83. The van der Waals surface area contributed by atoms with Crippen molar-refractivity contribution in [1.29, 1.82) is 0 Å². The number of nitrogens with zero attached hydrogens (tertiary/aromatic N) is 2. The maximum Gasteiger partial charge on any atom is 0.312 e. The van der Waals surface area contributed by atoms with Crippen LogP contribution in [0, 0.1) is 10.1 Å². The van der Waals surface area contributed by atoms with Gasteiger partial charge in [-0.15, -0.1) is 0 Å². The van der Waals surface area contributed by atoms with Crippen molar-refractivity contribution in [3.8, 4) is 5.75 Å². The quantitative estimate of drug-likeness (QED) is 0.410. The number of anilines is 1. The maximum atomic E-state index is 11.8. The highest BCUT2D eigenvalue weighted by atomic mass is 35.5. The fourth-order valence-corrected chi connectivity index (χ4v) is 2.43. The van der Waals surface area contributed by atoms with Crippen molar-refractivity contribution in [3.05, 3.63) is 57.1 Å². The SMILES string of the molecule is CCCCC(=O)Nc1cccc(N=Cc2cc(Cl)cc([N+](=O)[O-])c2O)c1. The van der Waals surface area contributed by atoms with Crippen molar-refractivity contribution in [2.45, 2.75) is 26.2 Å². The molecule has 0 saturated carbocycles. The lowest BCUT2D eigenvalue weighted by Gasteiger charge is -2.05. The van der Waals surface area contributed by atoms with Crippen LogP contribution >= 0.6 is 11.6 Å². The lowest BCUT2D eigenvalue weighted by molar-refractivity contribution is -0.385. The molecule has 0 aliphatic rings. The Morgan fingerprint density at radius 3 is 2.85 bits per heavy atom. The van der Waals surface area contributed by atoms with E-state index in [9.17, 15) is 20.0 Å². The van der Waals surface area contributed by atoms with E-state index in [0.717, 1.165) is 18.9 Å². The molecule has 0 bridgehead atoms. The number of aliphatic imine (C=N–C) groups is 1.